The van der Waals surface area contributed by atoms with E-state index in [0.717, 1.165) is 33.8 Å². The molecule has 0 bridgehead atoms. The third-order valence-corrected chi connectivity index (χ3v) is 13.5. The van der Waals surface area contributed by atoms with Crippen molar-refractivity contribution in [3.05, 3.63) is 82.4 Å². The van der Waals surface area contributed by atoms with E-state index in [4.69, 9.17) is 31.2 Å². The summed E-state index contributed by atoms with van der Waals surface area (Å²) in [6, 6.07) is 10.9. The molecule has 2 aromatic carbocycles. The van der Waals surface area contributed by atoms with Crippen LogP contribution in [0.5, 0.6) is 11.6 Å². The smallest absolute Gasteiger partial charge is 0.420 e. The Balaban J connectivity index is 0.889. The number of hydrogen-bond acceptors (Lipinski definition) is 13. The maximum Gasteiger partial charge on any atom is 0.420 e. The van der Waals surface area contributed by atoms with E-state index < -0.39 is 63.7 Å². The predicted molar refractivity (Wildman–Crippen MR) is 265 cm³/mol. The third kappa shape index (κ3) is 12.7. The number of benzene rings is 2. The first-order chi connectivity index (χ1) is 34.1. The number of halogens is 4. The molecule has 1 unspecified atom stereocenters. The number of nitriles is 1. The molecule has 0 spiro atoms. The number of ether oxygens (including phenoxy) is 4. The molecule has 4 heterocycles. The Labute approximate surface area is 425 Å². The van der Waals surface area contributed by atoms with Crippen LogP contribution in [0, 0.1) is 29.5 Å². The van der Waals surface area contributed by atoms with E-state index in [1.54, 1.807) is 16.2 Å². The Hall–Kier alpha value is -6.28. The zero-order chi connectivity index (χ0) is 52.5. The minimum absolute atomic E-state index is 0.168. The molecule has 2 atom stereocenters. The van der Waals surface area contributed by atoms with Crippen LogP contribution < -0.4 is 29.9 Å². The number of carbonyl (C=O) groups excluding carboxylic acids is 4. The zero-order valence-electron chi connectivity index (χ0n) is 41.1. The second-order valence-electron chi connectivity index (χ2n) is 18.8. The molecule has 72 heavy (non-hydrogen) atoms. The van der Waals surface area contributed by atoms with Gasteiger partial charge in [0.05, 0.1) is 53.3 Å². The summed E-state index contributed by atoms with van der Waals surface area (Å²) in [7, 11) is 1.36. The molecule has 2 N–H and O–H groups in total. The van der Waals surface area contributed by atoms with Gasteiger partial charge in [-0.1, -0.05) is 45.0 Å². The molecule has 22 heteroatoms. The number of aromatic nitrogens is 2. The molecule has 6 rings (SSSR count). The highest BCUT2D eigenvalue weighted by molar-refractivity contribution is 7.81. The van der Waals surface area contributed by atoms with Gasteiger partial charge in [-0.25, -0.2) is 14.4 Å². The average Bonchev–Trinajstić information content (AvgIpc) is 4.05. The van der Waals surface area contributed by atoms with Crippen molar-refractivity contribution in [2.45, 2.75) is 104 Å². The summed E-state index contributed by atoms with van der Waals surface area (Å²) in [6.45, 7) is 12.2. The van der Waals surface area contributed by atoms with E-state index in [2.05, 4.69) is 20.6 Å². The monoisotopic (exact) mass is 1040 g/mol. The topological polar surface area (TPSA) is 189 Å². The van der Waals surface area contributed by atoms with Crippen LogP contribution in [0.15, 0.2) is 54.2 Å². The van der Waals surface area contributed by atoms with Gasteiger partial charge in [-0.3, -0.25) is 29.0 Å². The summed E-state index contributed by atoms with van der Waals surface area (Å²) in [5.74, 6) is -3.29. The molecule has 4 amide bonds. The lowest BCUT2D eigenvalue weighted by Crippen LogP contribution is -2.58. The number of nitrogens with one attached hydrogen (secondary N) is 2. The number of hydrogen-bond donors (Lipinski definition) is 2. The second kappa shape index (κ2) is 23.5. The number of unbranched alkanes of at least 4 members (excludes halogenated alkanes) is 1. The second-order valence-corrected chi connectivity index (χ2v) is 20.0. The van der Waals surface area contributed by atoms with E-state index in [9.17, 15) is 37.6 Å². The molecule has 386 valence electrons. The first kappa shape index (κ1) is 55.0. The fourth-order valence-electron chi connectivity index (χ4n) is 8.34. The van der Waals surface area contributed by atoms with Crippen LogP contribution in [0.3, 0.4) is 0 Å². The summed E-state index contributed by atoms with van der Waals surface area (Å²) >= 11 is 7.12. The zero-order valence-corrected chi connectivity index (χ0v) is 42.7. The fourth-order valence-corrected chi connectivity index (χ4v) is 9.65. The predicted octanol–water partition coefficient (Wildman–Crippen LogP) is 7.89. The minimum atomic E-state index is -5.22. The highest BCUT2D eigenvalue weighted by Gasteiger charge is 2.53. The van der Waals surface area contributed by atoms with E-state index in [-0.39, 0.29) is 54.1 Å². The molecule has 2 aliphatic heterocycles. The van der Waals surface area contributed by atoms with Crippen molar-refractivity contribution in [2.24, 2.45) is 5.41 Å². The molecule has 2 fully saturated rings. The van der Waals surface area contributed by atoms with Gasteiger partial charge in [0.25, 0.3) is 5.91 Å². The molecule has 2 aliphatic rings. The van der Waals surface area contributed by atoms with Crippen molar-refractivity contribution in [3.63, 3.8) is 0 Å². The lowest BCUT2D eigenvalue weighted by molar-refractivity contribution is -0.144. The summed E-state index contributed by atoms with van der Waals surface area (Å²) < 4.78 is 79.5. The number of nitrogens with zero attached hydrogens (tertiary/aromatic N) is 6. The third-order valence-electron chi connectivity index (χ3n) is 12.1. The first-order valence-electron chi connectivity index (χ1n) is 23.3. The van der Waals surface area contributed by atoms with E-state index in [1.807, 2.05) is 57.5 Å². The Morgan fingerprint density at radius 1 is 1.00 bits per heavy atom. The number of pyridine rings is 1. The molecular weight excluding hydrogens is 981 g/mol. The van der Waals surface area contributed by atoms with Gasteiger partial charge in [0.2, 0.25) is 23.6 Å². The van der Waals surface area contributed by atoms with Gasteiger partial charge in [0, 0.05) is 39.0 Å². The molecule has 0 saturated carbocycles. The van der Waals surface area contributed by atoms with Gasteiger partial charge in [-0.05, 0) is 93.8 Å². The summed E-state index contributed by atoms with van der Waals surface area (Å²) in [4.78, 5) is 67.2. The molecular formula is C50H58F4N8O8S2. The SMILES string of the molecule is COc1cc(OCCCCOCCCOCC(=O)NC(C(=O)N2CCC[C@H]2C(=O)NCc2ccc(-c3scnc3C)cc2)C(C)(C)C)ncc1N1C(=S)N(c2ccc(C#N)c(C(F)(F)F)c2F)C(=O)C1(C)C. The number of thiocarbonyl (C=S) groups is 1. The van der Waals surface area contributed by atoms with Crippen molar-refractivity contribution >= 4 is 63.7 Å². The van der Waals surface area contributed by atoms with Crippen molar-refractivity contribution in [2.75, 3.05) is 56.5 Å². The maximum atomic E-state index is 15.5. The van der Waals surface area contributed by atoms with Crippen LogP contribution in [0.25, 0.3) is 10.4 Å². The largest absolute Gasteiger partial charge is 0.494 e. The number of aryl methyl sites for hydroxylation is 1. The number of rotatable bonds is 21. The van der Waals surface area contributed by atoms with Crippen molar-refractivity contribution in [1.29, 1.82) is 5.26 Å². The summed E-state index contributed by atoms with van der Waals surface area (Å²) in [5, 5.41) is 14.7. The van der Waals surface area contributed by atoms with Crippen LogP contribution in [-0.4, -0.2) is 108 Å². The molecule has 0 radical (unpaired) electrons. The Morgan fingerprint density at radius 2 is 1.69 bits per heavy atom. The van der Waals surface area contributed by atoms with Gasteiger partial charge in [0.1, 0.15) is 41.2 Å². The molecule has 0 aliphatic carbocycles. The normalized spacial score (nSPS) is 16.2. The number of methoxy groups -OCH3 is 1. The Kier molecular flexibility index (Phi) is 18.0. The lowest BCUT2D eigenvalue weighted by atomic mass is 9.85. The number of anilines is 2. The van der Waals surface area contributed by atoms with Crippen molar-refractivity contribution in [1.82, 2.24) is 25.5 Å². The van der Waals surface area contributed by atoms with Crippen LogP contribution in [0.4, 0.5) is 28.9 Å². The lowest BCUT2D eigenvalue weighted by Gasteiger charge is -2.35. The van der Waals surface area contributed by atoms with Gasteiger partial charge in [-0.2, -0.15) is 18.4 Å². The maximum absolute atomic E-state index is 15.5. The van der Waals surface area contributed by atoms with Gasteiger partial charge >= 0.3 is 6.18 Å². The fraction of sp³-hybridized carbons (Fsp3) is 0.480. The van der Waals surface area contributed by atoms with Crippen LogP contribution in [0.1, 0.15) is 89.1 Å². The first-order valence-corrected chi connectivity index (χ1v) is 24.6. The quantitative estimate of drug-likeness (QED) is 0.0466. The van der Waals surface area contributed by atoms with Crippen LogP contribution >= 0.6 is 23.6 Å². The van der Waals surface area contributed by atoms with Crippen molar-refractivity contribution in [3.8, 4) is 28.1 Å². The van der Waals surface area contributed by atoms with E-state index in [0.29, 0.717) is 63.3 Å². The molecule has 2 saturated heterocycles. The van der Waals surface area contributed by atoms with Crippen LogP contribution in [0.2, 0.25) is 0 Å². The van der Waals surface area contributed by atoms with E-state index in [1.165, 1.54) is 44.2 Å². The number of alkyl halides is 3. The Bertz CT molecular complexity index is 2670. The number of likely N-dealkylation sites (tertiary alicyclic amines) is 1. The molecule has 2 aromatic heterocycles. The number of carbonyl (C=O) groups is 4. The average molecular weight is 1040 g/mol. The van der Waals surface area contributed by atoms with E-state index >= 15 is 4.39 Å². The van der Waals surface area contributed by atoms with Crippen LogP contribution in [-0.2, 0) is 41.4 Å². The number of amides is 4. The summed E-state index contributed by atoms with van der Waals surface area (Å²) in [6.07, 6.45) is -0.961. The minimum Gasteiger partial charge on any atom is -0.494 e. The van der Waals surface area contributed by atoms with Gasteiger partial charge in [0.15, 0.2) is 10.9 Å². The number of thiazole rings is 1. The molecule has 4 aromatic rings. The molecule has 16 nitrogen and oxygen atoms in total. The van der Waals surface area contributed by atoms with Gasteiger partial charge in [-0.15, -0.1) is 11.3 Å². The standard InChI is InChI=1S/C50H58F4N8O8S2/c1-30-42(72-29-58-30)32-15-13-31(14-16-32)26-57-44(64)35-12-10-19-60(35)45(65)43(48(2,3)4)59-38(63)28-69-22-11-21-68-20-8-9-23-70-39-24-37(67-7)36(27-56-39)62-47(71)61(46(66)49(62,5)6)34-18-17-33(25-55)40(41(34)51)50(52,53)54/h13-18,24,27,29,35,43H,8-12,19-23,26,28H2,1-7H3,(H,57,64)(H,59,63)/t35-,43?/m0/s1. The highest BCUT2D eigenvalue weighted by atomic mass is 32.1. The Morgan fingerprint density at radius 3 is 2.35 bits per heavy atom. The summed E-state index contributed by atoms with van der Waals surface area (Å²) in [5.41, 5.74) is -0.725. The highest BCUT2D eigenvalue weighted by Crippen LogP contribution is 2.44. The van der Waals surface area contributed by atoms with Gasteiger partial charge < -0.3 is 34.5 Å². The van der Waals surface area contributed by atoms with Crippen molar-refractivity contribution < 1.29 is 55.7 Å².